The van der Waals surface area contributed by atoms with Crippen LogP contribution in [0.5, 0.6) is 0 Å². The third-order valence-corrected chi connectivity index (χ3v) is 9.26. The zero-order valence-electron chi connectivity index (χ0n) is 22.6. The van der Waals surface area contributed by atoms with Crippen LogP contribution in [0, 0.1) is 10.1 Å². The molecule has 1 aliphatic heterocycles. The molecule has 2 unspecified atom stereocenters. The fourth-order valence-corrected chi connectivity index (χ4v) is 7.19. The number of hydrogen-bond acceptors (Lipinski definition) is 5. The topological polar surface area (TPSA) is 83.8 Å². The predicted octanol–water partition coefficient (Wildman–Crippen LogP) is 8.22. The van der Waals surface area contributed by atoms with E-state index in [0.717, 1.165) is 28.2 Å². The smallest absolute Gasteiger partial charge is 0.270 e. The molecule has 6 rings (SSSR count). The molecule has 0 aliphatic carbocycles. The maximum Gasteiger partial charge on any atom is 0.270 e. The van der Waals surface area contributed by atoms with E-state index in [1.807, 2.05) is 96.8 Å². The molecule has 1 aromatic heterocycles. The van der Waals surface area contributed by atoms with Gasteiger partial charge in [0.25, 0.3) is 11.6 Å². The van der Waals surface area contributed by atoms with Crippen molar-refractivity contribution in [1.82, 2.24) is 0 Å². The number of para-hydroxylation sites is 2. The minimum atomic E-state index is -0.462. The average Bonchev–Trinajstić information content (AvgIpc) is 3.33. The van der Waals surface area contributed by atoms with E-state index in [1.54, 1.807) is 11.0 Å². The van der Waals surface area contributed by atoms with Gasteiger partial charge in [0.15, 0.2) is 0 Å². The van der Waals surface area contributed by atoms with Crippen molar-refractivity contribution in [3.63, 3.8) is 0 Å². The quantitative estimate of drug-likeness (QED) is 0.146. The normalized spacial score (nSPS) is 16.2. The molecular formula is C33H26ClN3O4S. The van der Waals surface area contributed by atoms with E-state index in [1.165, 1.54) is 12.1 Å². The highest BCUT2D eigenvalue weighted by molar-refractivity contribution is 7.21. The van der Waals surface area contributed by atoms with E-state index in [0.29, 0.717) is 27.1 Å². The summed E-state index contributed by atoms with van der Waals surface area (Å²) in [6.07, 6.45) is 0.779. The number of rotatable bonds is 6. The molecule has 5 aromatic rings. The Morgan fingerprint density at radius 2 is 1.64 bits per heavy atom. The van der Waals surface area contributed by atoms with Crippen LogP contribution in [0.2, 0.25) is 5.02 Å². The third-order valence-electron chi connectivity index (χ3n) is 7.61. The Morgan fingerprint density at radius 1 is 0.976 bits per heavy atom. The average molecular weight is 596 g/mol. The molecule has 0 saturated carbocycles. The lowest BCUT2D eigenvalue weighted by Gasteiger charge is -2.43. The maximum atomic E-state index is 14.5. The van der Waals surface area contributed by atoms with Crippen molar-refractivity contribution >= 4 is 61.9 Å². The van der Waals surface area contributed by atoms with E-state index in [4.69, 9.17) is 11.6 Å². The standard InChI is InChI=1S/C33H26ClN3O4S/c1-21-18-28(25-14-8-9-15-27(25)35(21)30(38)19-22-10-4-2-5-11-22)36(23-12-6-3-7-13-23)33(39)32-31(34)26-17-16-24(37(40)41)20-29(26)42-32/h2-17,20-21,28H,18-19H2,1H3. The van der Waals surface area contributed by atoms with E-state index < -0.39 is 4.92 Å². The number of carbonyl (C=O) groups excluding carboxylic acids is 2. The summed E-state index contributed by atoms with van der Waals surface area (Å²) in [5.41, 5.74) is 3.21. The third kappa shape index (κ3) is 5.04. The zero-order valence-corrected chi connectivity index (χ0v) is 24.2. The lowest BCUT2D eigenvalue weighted by atomic mass is 9.89. The van der Waals surface area contributed by atoms with Crippen LogP contribution < -0.4 is 9.80 Å². The molecule has 7 nitrogen and oxygen atoms in total. The molecule has 9 heteroatoms. The molecule has 210 valence electrons. The number of amides is 2. The van der Waals surface area contributed by atoms with Crippen LogP contribution in [-0.2, 0) is 11.2 Å². The minimum absolute atomic E-state index is 0.00803. The number of anilines is 2. The molecule has 0 bridgehead atoms. The predicted molar refractivity (Wildman–Crippen MR) is 168 cm³/mol. The number of carbonyl (C=O) groups is 2. The van der Waals surface area contributed by atoms with Gasteiger partial charge in [0.1, 0.15) is 4.88 Å². The summed E-state index contributed by atoms with van der Waals surface area (Å²) in [5.74, 6) is -0.308. The van der Waals surface area contributed by atoms with Gasteiger partial charge in [0.05, 0.1) is 22.4 Å². The van der Waals surface area contributed by atoms with Crippen molar-refractivity contribution in [1.29, 1.82) is 0 Å². The molecule has 2 amide bonds. The number of thiophene rings is 1. The molecule has 0 spiro atoms. The molecule has 0 N–H and O–H groups in total. The summed E-state index contributed by atoms with van der Waals surface area (Å²) in [6, 6.07) is 30.6. The first kappa shape index (κ1) is 27.6. The lowest BCUT2D eigenvalue weighted by Crippen LogP contribution is -2.48. The number of nitro benzene ring substituents is 1. The molecule has 2 heterocycles. The molecule has 1 aliphatic rings. The van der Waals surface area contributed by atoms with Crippen LogP contribution in [0.3, 0.4) is 0 Å². The SMILES string of the molecule is CC1CC(N(C(=O)c2sc3cc([N+](=O)[O-])ccc3c2Cl)c2ccccc2)c2ccccc2N1C(=O)Cc1ccccc1. The van der Waals surface area contributed by atoms with Gasteiger partial charge in [-0.25, -0.2) is 0 Å². The Balaban J connectivity index is 1.43. The monoisotopic (exact) mass is 595 g/mol. The van der Waals surface area contributed by atoms with Crippen LogP contribution >= 0.6 is 22.9 Å². The molecular weight excluding hydrogens is 570 g/mol. The number of nitrogens with zero attached hydrogens (tertiary/aromatic N) is 3. The number of nitro groups is 1. The maximum absolute atomic E-state index is 14.5. The van der Waals surface area contributed by atoms with E-state index in [2.05, 4.69) is 0 Å². The Bertz CT molecular complexity index is 1810. The highest BCUT2D eigenvalue weighted by atomic mass is 35.5. The number of hydrogen-bond donors (Lipinski definition) is 0. The summed E-state index contributed by atoms with van der Waals surface area (Å²) < 4.78 is 0.570. The lowest BCUT2D eigenvalue weighted by molar-refractivity contribution is -0.384. The summed E-state index contributed by atoms with van der Waals surface area (Å²) in [4.78, 5) is 42.9. The number of benzene rings is 4. The van der Waals surface area contributed by atoms with Gasteiger partial charge in [-0.3, -0.25) is 24.6 Å². The number of non-ortho nitro benzene ring substituents is 1. The Labute approximate surface area is 251 Å². The first-order valence-electron chi connectivity index (χ1n) is 13.5. The summed E-state index contributed by atoms with van der Waals surface area (Å²) in [5, 5.41) is 12.2. The molecule has 0 fully saturated rings. The van der Waals surface area contributed by atoms with Crippen LogP contribution in [0.1, 0.15) is 40.2 Å². The van der Waals surface area contributed by atoms with Crippen molar-refractivity contribution in [2.45, 2.75) is 31.8 Å². The summed E-state index contributed by atoms with van der Waals surface area (Å²) in [7, 11) is 0. The fraction of sp³-hybridized carbons (Fsp3) is 0.152. The van der Waals surface area contributed by atoms with Gasteiger partial charge < -0.3 is 4.90 Å². The van der Waals surface area contributed by atoms with Crippen molar-refractivity contribution in [3.05, 3.63) is 134 Å². The number of fused-ring (bicyclic) bond motifs is 2. The van der Waals surface area contributed by atoms with Gasteiger partial charge >= 0.3 is 0 Å². The van der Waals surface area contributed by atoms with Gasteiger partial charge in [0, 0.05) is 39.6 Å². The Hall–Kier alpha value is -4.53. The van der Waals surface area contributed by atoms with Crippen LogP contribution in [0.15, 0.2) is 103 Å². The van der Waals surface area contributed by atoms with E-state index in [-0.39, 0.29) is 41.0 Å². The second kappa shape index (κ2) is 11.4. The van der Waals surface area contributed by atoms with Gasteiger partial charge in [0.2, 0.25) is 5.91 Å². The van der Waals surface area contributed by atoms with Crippen LogP contribution in [0.25, 0.3) is 10.1 Å². The zero-order chi connectivity index (χ0) is 29.4. The van der Waals surface area contributed by atoms with E-state index >= 15 is 0 Å². The van der Waals surface area contributed by atoms with Crippen LogP contribution in [-0.4, -0.2) is 22.8 Å². The van der Waals surface area contributed by atoms with Gasteiger partial charge in [-0.15, -0.1) is 11.3 Å². The van der Waals surface area contributed by atoms with Crippen molar-refractivity contribution < 1.29 is 14.5 Å². The van der Waals surface area contributed by atoms with Gasteiger partial charge in [-0.2, -0.15) is 0 Å². The first-order valence-corrected chi connectivity index (χ1v) is 14.7. The second-order valence-electron chi connectivity index (χ2n) is 10.3. The van der Waals surface area contributed by atoms with Gasteiger partial charge in [-0.05, 0) is 48.7 Å². The van der Waals surface area contributed by atoms with Crippen molar-refractivity contribution in [2.75, 3.05) is 9.80 Å². The van der Waals surface area contributed by atoms with Gasteiger partial charge in [-0.1, -0.05) is 78.3 Å². The fourth-order valence-electron chi connectivity index (χ4n) is 5.70. The molecule has 42 heavy (non-hydrogen) atoms. The highest BCUT2D eigenvalue weighted by Crippen LogP contribution is 2.45. The number of halogens is 1. The second-order valence-corrected chi connectivity index (χ2v) is 11.7. The molecule has 2 atom stereocenters. The summed E-state index contributed by atoms with van der Waals surface area (Å²) in [6.45, 7) is 2.00. The van der Waals surface area contributed by atoms with Crippen LogP contribution in [0.4, 0.5) is 17.1 Å². The molecule has 4 aromatic carbocycles. The molecule has 0 saturated heterocycles. The Kier molecular flexibility index (Phi) is 7.49. The summed E-state index contributed by atoms with van der Waals surface area (Å²) >= 11 is 7.91. The van der Waals surface area contributed by atoms with Crippen molar-refractivity contribution in [3.8, 4) is 0 Å². The van der Waals surface area contributed by atoms with E-state index in [9.17, 15) is 19.7 Å². The highest BCUT2D eigenvalue weighted by Gasteiger charge is 2.39. The van der Waals surface area contributed by atoms with Crippen molar-refractivity contribution in [2.24, 2.45) is 0 Å². The Morgan fingerprint density at radius 3 is 2.36 bits per heavy atom. The minimum Gasteiger partial charge on any atom is -0.309 e. The molecule has 0 radical (unpaired) electrons. The largest absolute Gasteiger partial charge is 0.309 e. The first-order chi connectivity index (χ1) is 20.3.